The lowest BCUT2D eigenvalue weighted by Gasteiger charge is -2.28. The van der Waals surface area contributed by atoms with Crippen LogP contribution in [0, 0.1) is 0 Å². The molecule has 1 fully saturated rings. The van der Waals surface area contributed by atoms with Crippen molar-refractivity contribution in [2.75, 3.05) is 44.5 Å². The zero-order chi connectivity index (χ0) is 25.5. The van der Waals surface area contributed by atoms with Gasteiger partial charge in [0.25, 0.3) is 5.91 Å². The minimum Gasteiger partial charge on any atom is -0.494 e. The number of hydrogen-bond donors (Lipinski definition) is 2. The number of piperidine rings is 1. The fourth-order valence-electron chi connectivity index (χ4n) is 4.51. The molecule has 0 unspecified atom stereocenters. The second kappa shape index (κ2) is 11.8. The van der Waals surface area contributed by atoms with Crippen LogP contribution in [0.5, 0.6) is 17.2 Å². The fraction of sp³-hybridized carbons (Fsp3) is 0.444. The third-order valence-electron chi connectivity index (χ3n) is 6.46. The van der Waals surface area contributed by atoms with Crippen molar-refractivity contribution in [2.24, 2.45) is 0 Å². The molecule has 0 spiro atoms. The van der Waals surface area contributed by atoms with Crippen LogP contribution in [-0.2, 0) is 16.0 Å². The van der Waals surface area contributed by atoms with Crippen LogP contribution in [0.4, 0.5) is 11.4 Å². The number of aryl methyl sites for hydroxylation is 1. The summed E-state index contributed by atoms with van der Waals surface area (Å²) in [6.07, 6.45) is 4.94. The van der Waals surface area contributed by atoms with E-state index in [1.54, 1.807) is 12.1 Å². The molecule has 2 heterocycles. The number of amides is 3. The van der Waals surface area contributed by atoms with Crippen molar-refractivity contribution >= 4 is 29.1 Å². The molecule has 0 saturated carbocycles. The van der Waals surface area contributed by atoms with E-state index in [0.717, 1.165) is 30.5 Å². The van der Waals surface area contributed by atoms with Crippen LogP contribution in [0.15, 0.2) is 30.3 Å². The monoisotopic (exact) mass is 495 g/mol. The lowest BCUT2D eigenvalue weighted by molar-refractivity contribution is -0.117. The van der Waals surface area contributed by atoms with E-state index >= 15 is 0 Å². The number of benzene rings is 2. The molecule has 3 amide bonds. The smallest absolute Gasteiger partial charge is 0.256 e. The van der Waals surface area contributed by atoms with Crippen molar-refractivity contribution < 1.29 is 28.6 Å². The molecule has 192 valence electrons. The first kappa shape index (κ1) is 25.3. The highest BCUT2D eigenvalue weighted by atomic mass is 16.5. The first-order valence-corrected chi connectivity index (χ1v) is 12.4. The topological polar surface area (TPSA) is 106 Å². The average Bonchev–Trinajstić information content (AvgIpc) is 2.91. The van der Waals surface area contributed by atoms with Gasteiger partial charge < -0.3 is 29.7 Å². The molecule has 2 aliphatic rings. The molecule has 2 N–H and O–H groups in total. The van der Waals surface area contributed by atoms with E-state index in [2.05, 4.69) is 10.6 Å². The zero-order valence-corrected chi connectivity index (χ0v) is 20.9. The van der Waals surface area contributed by atoms with Crippen LogP contribution in [0.3, 0.4) is 0 Å². The van der Waals surface area contributed by atoms with Crippen LogP contribution >= 0.6 is 0 Å². The molecule has 0 aliphatic carbocycles. The number of nitrogens with zero attached hydrogens (tertiary/aromatic N) is 1. The molecule has 9 nitrogen and oxygen atoms in total. The average molecular weight is 496 g/mol. The van der Waals surface area contributed by atoms with E-state index in [9.17, 15) is 14.4 Å². The number of anilines is 2. The van der Waals surface area contributed by atoms with E-state index in [-0.39, 0.29) is 24.1 Å². The van der Waals surface area contributed by atoms with Gasteiger partial charge >= 0.3 is 0 Å². The van der Waals surface area contributed by atoms with Gasteiger partial charge in [0.1, 0.15) is 5.75 Å². The van der Waals surface area contributed by atoms with Crippen molar-refractivity contribution in [3.05, 3.63) is 41.5 Å². The molecular formula is C27H33N3O6. The van der Waals surface area contributed by atoms with Gasteiger partial charge in [-0.3, -0.25) is 14.4 Å². The lowest BCUT2D eigenvalue weighted by Crippen LogP contribution is -2.36. The number of hydrogen-bond acceptors (Lipinski definition) is 6. The SMILES string of the molecule is COc1cc(NC(=O)CCCOc2ccc3c(c2)CCC(=O)N3)c(C(=O)N2CCCCC2)cc1OC. The van der Waals surface area contributed by atoms with Gasteiger partial charge in [-0.25, -0.2) is 0 Å². The maximum atomic E-state index is 13.2. The third kappa shape index (κ3) is 6.08. The van der Waals surface area contributed by atoms with Crippen LogP contribution in [0.1, 0.15) is 54.4 Å². The van der Waals surface area contributed by atoms with Crippen molar-refractivity contribution in [3.63, 3.8) is 0 Å². The predicted octanol–water partition coefficient (Wildman–Crippen LogP) is 4.01. The first-order chi connectivity index (χ1) is 17.5. The molecule has 2 aromatic rings. The van der Waals surface area contributed by atoms with Gasteiger partial charge in [0, 0.05) is 37.7 Å². The Kier molecular flexibility index (Phi) is 8.30. The van der Waals surface area contributed by atoms with Crippen molar-refractivity contribution in [1.82, 2.24) is 4.90 Å². The Labute approximate surface area is 211 Å². The molecule has 0 aromatic heterocycles. The summed E-state index contributed by atoms with van der Waals surface area (Å²) in [6, 6.07) is 8.85. The molecule has 0 bridgehead atoms. The molecule has 9 heteroatoms. The number of methoxy groups -OCH3 is 2. The normalized spacial score (nSPS) is 14.9. The standard InChI is InChI=1S/C27H33N3O6/c1-34-23-16-20(27(33)30-12-4-3-5-13-30)22(17-24(23)35-2)29-25(31)7-6-14-36-19-9-10-21-18(15-19)8-11-26(32)28-21/h9-10,15-17H,3-8,11-14H2,1-2H3,(H,28,32)(H,29,31). The Morgan fingerprint density at radius 2 is 1.75 bits per heavy atom. The molecule has 1 saturated heterocycles. The highest BCUT2D eigenvalue weighted by molar-refractivity contribution is 6.04. The zero-order valence-electron chi connectivity index (χ0n) is 20.9. The molecule has 0 radical (unpaired) electrons. The van der Waals surface area contributed by atoms with Crippen LogP contribution in [0.2, 0.25) is 0 Å². The Hall–Kier alpha value is -3.75. The Morgan fingerprint density at radius 3 is 2.50 bits per heavy atom. The van der Waals surface area contributed by atoms with Crippen LogP contribution < -0.4 is 24.8 Å². The second-order valence-electron chi connectivity index (χ2n) is 8.97. The summed E-state index contributed by atoms with van der Waals surface area (Å²) in [6.45, 7) is 1.77. The van der Waals surface area contributed by atoms with Gasteiger partial charge in [-0.1, -0.05) is 0 Å². The quantitative estimate of drug-likeness (QED) is 0.509. The number of carbonyl (C=O) groups is 3. The summed E-state index contributed by atoms with van der Waals surface area (Å²) in [4.78, 5) is 39.3. The molecular weight excluding hydrogens is 462 g/mol. The van der Waals surface area contributed by atoms with E-state index in [1.807, 2.05) is 23.1 Å². The summed E-state index contributed by atoms with van der Waals surface area (Å²) in [7, 11) is 3.03. The Balaban J connectivity index is 1.36. The molecule has 4 rings (SSSR count). The minimum atomic E-state index is -0.216. The third-order valence-corrected chi connectivity index (χ3v) is 6.46. The van der Waals surface area contributed by atoms with Crippen molar-refractivity contribution in [3.8, 4) is 17.2 Å². The summed E-state index contributed by atoms with van der Waals surface area (Å²) in [5.74, 6) is 1.27. The fourth-order valence-corrected chi connectivity index (χ4v) is 4.51. The summed E-state index contributed by atoms with van der Waals surface area (Å²) >= 11 is 0. The van der Waals surface area contributed by atoms with E-state index < -0.39 is 0 Å². The number of carbonyl (C=O) groups excluding carboxylic acids is 3. The predicted molar refractivity (Wildman–Crippen MR) is 136 cm³/mol. The molecule has 2 aromatic carbocycles. The Bertz CT molecular complexity index is 1130. The number of nitrogens with one attached hydrogen (secondary N) is 2. The Morgan fingerprint density at radius 1 is 1.00 bits per heavy atom. The van der Waals surface area contributed by atoms with Crippen molar-refractivity contribution in [2.45, 2.75) is 44.9 Å². The molecule has 36 heavy (non-hydrogen) atoms. The first-order valence-electron chi connectivity index (χ1n) is 12.4. The summed E-state index contributed by atoms with van der Waals surface area (Å²) in [5.41, 5.74) is 2.66. The van der Waals surface area contributed by atoms with E-state index in [0.29, 0.717) is 67.5 Å². The number of ether oxygens (including phenoxy) is 3. The van der Waals surface area contributed by atoms with Gasteiger partial charge in [-0.05, 0) is 61.9 Å². The van der Waals surface area contributed by atoms with Gasteiger partial charge in [0.15, 0.2) is 11.5 Å². The minimum absolute atomic E-state index is 0.0254. The number of likely N-dealkylation sites (tertiary alicyclic amines) is 1. The largest absolute Gasteiger partial charge is 0.494 e. The van der Waals surface area contributed by atoms with E-state index in [1.165, 1.54) is 14.2 Å². The molecule has 2 aliphatic heterocycles. The van der Waals surface area contributed by atoms with Gasteiger partial charge in [-0.15, -0.1) is 0 Å². The molecule has 0 atom stereocenters. The van der Waals surface area contributed by atoms with Crippen LogP contribution in [0.25, 0.3) is 0 Å². The number of rotatable bonds is 9. The van der Waals surface area contributed by atoms with E-state index in [4.69, 9.17) is 14.2 Å². The maximum absolute atomic E-state index is 13.2. The highest BCUT2D eigenvalue weighted by Gasteiger charge is 2.24. The van der Waals surface area contributed by atoms with Gasteiger partial charge in [-0.2, -0.15) is 0 Å². The number of fused-ring (bicyclic) bond motifs is 1. The summed E-state index contributed by atoms with van der Waals surface area (Å²) in [5, 5.41) is 5.73. The highest BCUT2D eigenvalue weighted by Crippen LogP contribution is 2.34. The van der Waals surface area contributed by atoms with Crippen molar-refractivity contribution in [1.29, 1.82) is 0 Å². The van der Waals surface area contributed by atoms with Crippen LogP contribution in [-0.4, -0.2) is 56.5 Å². The second-order valence-corrected chi connectivity index (χ2v) is 8.97. The van der Waals surface area contributed by atoms with Gasteiger partial charge in [0.2, 0.25) is 11.8 Å². The summed E-state index contributed by atoms with van der Waals surface area (Å²) < 4.78 is 16.6. The van der Waals surface area contributed by atoms with Gasteiger partial charge in [0.05, 0.1) is 32.1 Å². The maximum Gasteiger partial charge on any atom is 0.256 e. The lowest BCUT2D eigenvalue weighted by atomic mass is 10.0.